The summed E-state index contributed by atoms with van der Waals surface area (Å²) < 4.78 is 38.8. The molecule has 1 aromatic rings. The molecule has 0 aromatic heterocycles. The average molecular weight is 339 g/mol. The van der Waals surface area contributed by atoms with Crippen molar-refractivity contribution in [3.8, 4) is 0 Å². The molecule has 0 saturated carbocycles. The third-order valence-electron chi connectivity index (χ3n) is 2.73. The molecule has 0 aliphatic carbocycles. The van der Waals surface area contributed by atoms with Crippen molar-refractivity contribution in [1.29, 1.82) is 0 Å². The number of halogens is 4. The van der Waals surface area contributed by atoms with Gasteiger partial charge in [-0.25, -0.2) is 5.84 Å². The Hall–Kier alpha value is -1.08. The third kappa shape index (κ3) is 4.21. The van der Waals surface area contributed by atoms with E-state index >= 15 is 0 Å². The van der Waals surface area contributed by atoms with Gasteiger partial charge in [0.15, 0.2) is 0 Å². The van der Waals surface area contributed by atoms with Gasteiger partial charge in [-0.3, -0.25) is 10.2 Å². The maximum atomic E-state index is 12.9. The number of carbonyl (C=O) groups excluding carboxylic acids is 1. The molecule has 0 radical (unpaired) electrons. The van der Waals surface area contributed by atoms with E-state index in [-0.39, 0.29) is 5.56 Å². The Labute approximate surface area is 117 Å². The highest BCUT2D eigenvalue weighted by atomic mass is 79.9. The van der Waals surface area contributed by atoms with Crippen molar-refractivity contribution in [2.24, 2.45) is 5.84 Å². The minimum absolute atomic E-state index is 0.0427. The van der Waals surface area contributed by atoms with E-state index in [9.17, 15) is 18.0 Å². The first-order valence-corrected chi connectivity index (χ1v) is 6.76. The molecule has 7 heteroatoms. The van der Waals surface area contributed by atoms with Gasteiger partial charge in [0.1, 0.15) is 0 Å². The molecule has 19 heavy (non-hydrogen) atoms. The second kappa shape index (κ2) is 6.91. The molecule has 0 spiro atoms. The standard InChI is InChI=1S/C12H14BrF3N2O/c13-7-3-5-9(11(19)18-17)8-4-1-2-6-10(8)12(14,15)16/h1-2,4,6,9H,3,5,7,17H2,(H,18,19)/t9-/m0/s1. The highest BCUT2D eigenvalue weighted by Crippen LogP contribution is 2.36. The second-order valence-corrected chi connectivity index (χ2v) is 4.77. The van der Waals surface area contributed by atoms with Gasteiger partial charge in [0.25, 0.3) is 0 Å². The van der Waals surface area contributed by atoms with E-state index in [1.807, 2.05) is 5.43 Å². The Balaban J connectivity index is 3.18. The Morgan fingerprint density at radius 3 is 2.53 bits per heavy atom. The summed E-state index contributed by atoms with van der Waals surface area (Å²) in [5, 5.41) is 0.607. The summed E-state index contributed by atoms with van der Waals surface area (Å²) in [6.07, 6.45) is -3.62. The number of benzene rings is 1. The lowest BCUT2D eigenvalue weighted by molar-refractivity contribution is -0.138. The minimum atomic E-state index is -4.49. The van der Waals surface area contributed by atoms with Crippen LogP contribution in [0.25, 0.3) is 0 Å². The van der Waals surface area contributed by atoms with E-state index in [2.05, 4.69) is 15.9 Å². The number of nitrogens with one attached hydrogen (secondary N) is 1. The average Bonchev–Trinajstić information content (AvgIpc) is 2.38. The fourth-order valence-corrected chi connectivity index (χ4v) is 2.19. The maximum absolute atomic E-state index is 12.9. The number of hydrogen-bond donors (Lipinski definition) is 2. The molecule has 0 heterocycles. The van der Waals surface area contributed by atoms with Crippen LogP contribution in [0, 0.1) is 0 Å². The molecular weight excluding hydrogens is 325 g/mol. The van der Waals surface area contributed by atoms with Gasteiger partial charge in [-0.1, -0.05) is 34.1 Å². The lowest BCUT2D eigenvalue weighted by Crippen LogP contribution is -2.35. The van der Waals surface area contributed by atoms with Crippen LogP contribution < -0.4 is 11.3 Å². The summed E-state index contributed by atoms with van der Waals surface area (Å²) >= 11 is 3.19. The van der Waals surface area contributed by atoms with Crippen molar-refractivity contribution in [3.05, 3.63) is 35.4 Å². The van der Waals surface area contributed by atoms with Crippen LogP contribution in [0.15, 0.2) is 24.3 Å². The van der Waals surface area contributed by atoms with Crippen LogP contribution in [0.3, 0.4) is 0 Å². The topological polar surface area (TPSA) is 55.1 Å². The third-order valence-corrected chi connectivity index (χ3v) is 3.29. The first-order chi connectivity index (χ1) is 8.91. The molecule has 0 unspecified atom stereocenters. The molecule has 1 atom stereocenters. The van der Waals surface area contributed by atoms with Gasteiger partial charge in [0.2, 0.25) is 5.91 Å². The normalized spacial score (nSPS) is 13.1. The summed E-state index contributed by atoms with van der Waals surface area (Å²) in [6.45, 7) is 0. The number of alkyl halides is 4. The zero-order valence-corrected chi connectivity index (χ0v) is 11.6. The van der Waals surface area contributed by atoms with Crippen LogP contribution in [0.4, 0.5) is 13.2 Å². The van der Waals surface area contributed by atoms with Crippen LogP contribution >= 0.6 is 15.9 Å². The van der Waals surface area contributed by atoms with Gasteiger partial charge in [-0.05, 0) is 24.5 Å². The fraction of sp³-hybridized carbons (Fsp3) is 0.417. The van der Waals surface area contributed by atoms with Crippen LogP contribution in [0.2, 0.25) is 0 Å². The molecule has 1 aromatic carbocycles. The minimum Gasteiger partial charge on any atom is -0.294 e. The van der Waals surface area contributed by atoms with Gasteiger partial charge in [-0.2, -0.15) is 13.2 Å². The lowest BCUT2D eigenvalue weighted by Gasteiger charge is -2.20. The van der Waals surface area contributed by atoms with E-state index in [1.165, 1.54) is 18.2 Å². The molecule has 3 nitrogen and oxygen atoms in total. The molecule has 0 fully saturated rings. The number of amides is 1. The van der Waals surface area contributed by atoms with Crippen LogP contribution in [0.5, 0.6) is 0 Å². The van der Waals surface area contributed by atoms with Crippen molar-refractivity contribution in [3.63, 3.8) is 0 Å². The SMILES string of the molecule is NNC(=O)[C@@H](CCCBr)c1ccccc1C(F)(F)F. The number of rotatable bonds is 5. The Morgan fingerprint density at radius 1 is 1.37 bits per heavy atom. The van der Waals surface area contributed by atoms with E-state index < -0.39 is 23.6 Å². The molecule has 0 aliphatic rings. The fourth-order valence-electron chi connectivity index (χ4n) is 1.87. The zero-order valence-electron chi connectivity index (χ0n) is 10.0. The summed E-state index contributed by atoms with van der Waals surface area (Å²) in [4.78, 5) is 11.7. The van der Waals surface area contributed by atoms with E-state index in [1.54, 1.807) is 0 Å². The van der Waals surface area contributed by atoms with Crippen molar-refractivity contribution < 1.29 is 18.0 Å². The summed E-state index contributed by atoms with van der Waals surface area (Å²) in [5.74, 6) is 3.53. The number of carbonyl (C=O) groups is 1. The van der Waals surface area contributed by atoms with Crippen LogP contribution in [0.1, 0.15) is 29.9 Å². The quantitative estimate of drug-likeness (QED) is 0.375. The van der Waals surface area contributed by atoms with E-state index in [4.69, 9.17) is 5.84 Å². The van der Waals surface area contributed by atoms with E-state index in [0.717, 1.165) is 6.07 Å². The summed E-state index contributed by atoms with van der Waals surface area (Å²) in [7, 11) is 0. The molecule has 0 aliphatic heterocycles. The lowest BCUT2D eigenvalue weighted by atomic mass is 9.89. The summed E-state index contributed by atoms with van der Waals surface area (Å²) in [6, 6.07) is 5.07. The second-order valence-electron chi connectivity index (χ2n) is 3.98. The molecule has 0 bridgehead atoms. The molecule has 106 valence electrons. The van der Waals surface area contributed by atoms with Crippen LogP contribution in [-0.4, -0.2) is 11.2 Å². The van der Waals surface area contributed by atoms with Gasteiger partial charge in [0.05, 0.1) is 11.5 Å². The molecule has 0 saturated heterocycles. The van der Waals surface area contributed by atoms with Crippen molar-refractivity contribution >= 4 is 21.8 Å². The first-order valence-electron chi connectivity index (χ1n) is 5.64. The van der Waals surface area contributed by atoms with Crippen molar-refractivity contribution in [1.82, 2.24) is 5.43 Å². The molecule has 1 rings (SSSR count). The number of nitrogens with two attached hydrogens (primary N) is 1. The molecule has 1 amide bonds. The number of hydrogen-bond acceptors (Lipinski definition) is 2. The highest BCUT2D eigenvalue weighted by molar-refractivity contribution is 9.09. The van der Waals surface area contributed by atoms with Gasteiger partial charge in [-0.15, -0.1) is 0 Å². The highest BCUT2D eigenvalue weighted by Gasteiger charge is 2.36. The summed E-state index contributed by atoms with van der Waals surface area (Å²) in [5.41, 5.74) is 1.09. The Bertz CT molecular complexity index is 437. The first kappa shape index (κ1) is 16.0. The predicted molar refractivity (Wildman–Crippen MR) is 69.5 cm³/mol. The number of hydrazine groups is 1. The van der Waals surface area contributed by atoms with Gasteiger partial charge in [0, 0.05) is 5.33 Å². The van der Waals surface area contributed by atoms with Crippen molar-refractivity contribution in [2.75, 3.05) is 5.33 Å². The monoisotopic (exact) mass is 338 g/mol. The Kier molecular flexibility index (Phi) is 5.81. The van der Waals surface area contributed by atoms with E-state index in [0.29, 0.717) is 18.2 Å². The molecular formula is C12H14BrF3N2O. The zero-order chi connectivity index (χ0) is 14.5. The van der Waals surface area contributed by atoms with Gasteiger partial charge >= 0.3 is 6.18 Å². The maximum Gasteiger partial charge on any atom is 0.416 e. The largest absolute Gasteiger partial charge is 0.416 e. The Morgan fingerprint density at radius 2 is 2.00 bits per heavy atom. The predicted octanol–water partition coefficient (Wildman–Crippen LogP) is 2.95. The smallest absolute Gasteiger partial charge is 0.294 e. The molecule has 3 N–H and O–H groups in total. The van der Waals surface area contributed by atoms with Gasteiger partial charge < -0.3 is 0 Å². The van der Waals surface area contributed by atoms with Crippen molar-refractivity contribution in [2.45, 2.75) is 24.9 Å². The van der Waals surface area contributed by atoms with Crippen LogP contribution in [-0.2, 0) is 11.0 Å².